The first-order chi connectivity index (χ1) is 8.08. The summed E-state index contributed by atoms with van der Waals surface area (Å²) < 4.78 is 0. The molecule has 4 unspecified atom stereocenters. The first kappa shape index (κ1) is 12.9. The van der Waals surface area contributed by atoms with E-state index in [1.165, 1.54) is 12.8 Å². The predicted molar refractivity (Wildman–Crippen MR) is 69.5 cm³/mol. The number of piperidine rings is 1. The van der Waals surface area contributed by atoms with E-state index in [1.807, 2.05) is 0 Å². The third kappa shape index (κ3) is 3.01. The molecule has 1 saturated heterocycles. The molecule has 1 aliphatic carbocycles. The Bertz CT molecular complexity index is 279. The zero-order valence-corrected chi connectivity index (χ0v) is 11.2. The summed E-state index contributed by atoms with van der Waals surface area (Å²) in [5, 5.41) is 0. The molecule has 0 aromatic rings. The summed E-state index contributed by atoms with van der Waals surface area (Å²) >= 11 is 0. The fraction of sp³-hybridized carbons (Fsp3) is 0.929. The zero-order chi connectivity index (χ0) is 12.4. The van der Waals surface area contributed by atoms with Gasteiger partial charge in [-0.2, -0.15) is 0 Å². The maximum absolute atomic E-state index is 12.4. The molecule has 2 rings (SSSR count). The van der Waals surface area contributed by atoms with Crippen LogP contribution in [-0.2, 0) is 4.79 Å². The van der Waals surface area contributed by atoms with E-state index in [0.29, 0.717) is 17.7 Å². The number of likely N-dealkylation sites (tertiary alicyclic amines) is 1. The number of amides is 1. The first-order valence-corrected chi connectivity index (χ1v) is 7.12. The van der Waals surface area contributed by atoms with Crippen molar-refractivity contribution in [3.8, 4) is 0 Å². The smallest absolute Gasteiger partial charge is 0.225 e. The number of hydrogen-bond donors (Lipinski definition) is 1. The molecule has 3 heteroatoms. The van der Waals surface area contributed by atoms with Crippen molar-refractivity contribution in [2.24, 2.45) is 23.5 Å². The van der Waals surface area contributed by atoms with Crippen molar-refractivity contribution in [1.82, 2.24) is 4.90 Å². The Morgan fingerprint density at radius 1 is 1.24 bits per heavy atom. The maximum Gasteiger partial charge on any atom is 0.225 e. The van der Waals surface area contributed by atoms with E-state index in [0.717, 1.165) is 32.4 Å². The minimum Gasteiger partial charge on any atom is -0.342 e. The lowest BCUT2D eigenvalue weighted by molar-refractivity contribution is -0.138. The second-order valence-corrected chi connectivity index (χ2v) is 6.18. The summed E-state index contributed by atoms with van der Waals surface area (Å²) in [6, 6.07) is 0.222. The summed E-state index contributed by atoms with van der Waals surface area (Å²) in [6.07, 6.45) is 5.48. The molecule has 1 heterocycles. The molecule has 0 aromatic carbocycles. The van der Waals surface area contributed by atoms with Gasteiger partial charge in [-0.1, -0.05) is 13.8 Å². The monoisotopic (exact) mass is 238 g/mol. The van der Waals surface area contributed by atoms with Gasteiger partial charge in [-0.15, -0.1) is 0 Å². The quantitative estimate of drug-likeness (QED) is 0.759. The van der Waals surface area contributed by atoms with Crippen LogP contribution >= 0.6 is 0 Å². The van der Waals surface area contributed by atoms with E-state index in [-0.39, 0.29) is 12.0 Å². The fourth-order valence-electron chi connectivity index (χ4n) is 3.23. The molecular weight excluding hydrogens is 212 g/mol. The van der Waals surface area contributed by atoms with E-state index >= 15 is 0 Å². The van der Waals surface area contributed by atoms with Gasteiger partial charge in [0.05, 0.1) is 0 Å². The normalized spacial score (nSPS) is 39.1. The topological polar surface area (TPSA) is 46.3 Å². The number of hydrogen-bond acceptors (Lipinski definition) is 2. The third-order valence-corrected chi connectivity index (χ3v) is 4.58. The van der Waals surface area contributed by atoms with E-state index in [9.17, 15) is 4.79 Å². The molecule has 2 N–H and O–H groups in total. The van der Waals surface area contributed by atoms with Crippen molar-refractivity contribution in [3.05, 3.63) is 0 Å². The Hall–Kier alpha value is -0.570. The van der Waals surface area contributed by atoms with E-state index in [4.69, 9.17) is 5.73 Å². The summed E-state index contributed by atoms with van der Waals surface area (Å²) in [6.45, 7) is 6.37. The van der Waals surface area contributed by atoms with Crippen molar-refractivity contribution in [2.45, 2.75) is 52.0 Å². The van der Waals surface area contributed by atoms with Crippen molar-refractivity contribution in [1.29, 1.82) is 0 Å². The number of nitrogens with zero attached hydrogens (tertiary/aromatic N) is 1. The van der Waals surface area contributed by atoms with Crippen LogP contribution in [0.4, 0.5) is 0 Å². The van der Waals surface area contributed by atoms with Crippen LogP contribution in [0.25, 0.3) is 0 Å². The Kier molecular flexibility index (Phi) is 4.08. The molecule has 4 atom stereocenters. The van der Waals surface area contributed by atoms with Gasteiger partial charge in [-0.05, 0) is 43.9 Å². The lowest BCUT2D eigenvalue weighted by Crippen LogP contribution is -2.46. The molecule has 1 amide bonds. The lowest BCUT2D eigenvalue weighted by Gasteiger charge is -2.37. The Morgan fingerprint density at radius 2 is 2.00 bits per heavy atom. The molecule has 0 spiro atoms. The number of carbonyl (C=O) groups is 1. The molecule has 3 nitrogen and oxygen atoms in total. The number of carbonyl (C=O) groups excluding carboxylic acids is 1. The highest BCUT2D eigenvalue weighted by atomic mass is 16.2. The molecule has 1 aliphatic heterocycles. The lowest BCUT2D eigenvalue weighted by atomic mass is 9.79. The number of nitrogens with two attached hydrogens (primary N) is 1. The minimum absolute atomic E-state index is 0.200. The molecule has 2 aliphatic rings. The SMILES string of the molecule is CC1CCCN(C(=O)C2CCC(C)C(N)C2)C1. The molecule has 2 fully saturated rings. The maximum atomic E-state index is 12.4. The fourth-order valence-corrected chi connectivity index (χ4v) is 3.23. The van der Waals surface area contributed by atoms with Gasteiger partial charge in [0.25, 0.3) is 0 Å². The minimum atomic E-state index is 0.200. The largest absolute Gasteiger partial charge is 0.342 e. The van der Waals surface area contributed by atoms with Gasteiger partial charge in [0.2, 0.25) is 5.91 Å². The summed E-state index contributed by atoms with van der Waals surface area (Å²) in [4.78, 5) is 14.5. The van der Waals surface area contributed by atoms with Crippen LogP contribution in [0, 0.1) is 17.8 Å². The second kappa shape index (κ2) is 5.38. The standard InChI is InChI=1S/C14H26N2O/c1-10-4-3-7-16(9-10)14(17)12-6-5-11(2)13(15)8-12/h10-13H,3-9,15H2,1-2H3. The summed E-state index contributed by atoms with van der Waals surface area (Å²) in [5.74, 6) is 1.83. The summed E-state index contributed by atoms with van der Waals surface area (Å²) in [7, 11) is 0. The highest BCUT2D eigenvalue weighted by molar-refractivity contribution is 5.79. The van der Waals surface area contributed by atoms with Gasteiger partial charge < -0.3 is 10.6 Å². The molecule has 0 bridgehead atoms. The molecule has 17 heavy (non-hydrogen) atoms. The van der Waals surface area contributed by atoms with Crippen molar-refractivity contribution >= 4 is 5.91 Å². The molecule has 0 aromatic heterocycles. The van der Waals surface area contributed by atoms with Crippen LogP contribution in [0.3, 0.4) is 0 Å². The van der Waals surface area contributed by atoms with Crippen molar-refractivity contribution < 1.29 is 4.79 Å². The highest BCUT2D eigenvalue weighted by Crippen LogP contribution is 2.30. The number of rotatable bonds is 1. The first-order valence-electron chi connectivity index (χ1n) is 7.12. The molecule has 98 valence electrons. The van der Waals surface area contributed by atoms with Gasteiger partial charge in [0.1, 0.15) is 0 Å². The van der Waals surface area contributed by atoms with Gasteiger partial charge in [-0.3, -0.25) is 4.79 Å². The van der Waals surface area contributed by atoms with Gasteiger partial charge in [0.15, 0.2) is 0 Å². The van der Waals surface area contributed by atoms with Crippen LogP contribution in [0.2, 0.25) is 0 Å². The van der Waals surface area contributed by atoms with Gasteiger partial charge >= 0.3 is 0 Å². The van der Waals surface area contributed by atoms with Gasteiger partial charge in [0, 0.05) is 25.0 Å². The molecular formula is C14H26N2O. The average molecular weight is 238 g/mol. The molecule has 1 saturated carbocycles. The van der Waals surface area contributed by atoms with Crippen LogP contribution in [0.1, 0.15) is 46.0 Å². The van der Waals surface area contributed by atoms with Crippen molar-refractivity contribution in [3.63, 3.8) is 0 Å². The predicted octanol–water partition coefficient (Wildman–Crippen LogP) is 2.01. The van der Waals surface area contributed by atoms with Crippen LogP contribution in [-0.4, -0.2) is 29.9 Å². The zero-order valence-electron chi connectivity index (χ0n) is 11.2. The Labute approximate surface area is 105 Å². The van der Waals surface area contributed by atoms with E-state index < -0.39 is 0 Å². The average Bonchev–Trinajstić information content (AvgIpc) is 2.32. The van der Waals surface area contributed by atoms with Crippen LogP contribution in [0.15, 0.2) is 0 Å². The van der Waals surface area contributed by atoms with Crippen LogP contribution < -0.4 is 5.73 Å². The third-order valence-electron chi connectivity index (χ3n) is 4.58. The van der Waals surface area contributed by atoms with E-state index in [2.05, 4.69) is 18.7 Å². The van der Waals surface area contributed by atoms with Crippen LogP contribution in [0.5, 0.6) is 0 Å². The van der Waals surface area contributed by atoms with Gasteiger partial charge in [-0.25, -0.2) is 0 Å². The Morgan fingerprint density at radius 3 is 2.65 bits per heavy atom. The van der Waals surface area contributed by atoms with Crippen molar-refractivity contribution in [2.75, 3.05) is 13.1 Å². The highest BCUT2D eigenvalue weighted by Gasteiger charge is 2.33. The second-order valence-electron chi connectivity index (χ2n) is 6.18. The Balaban J connectivity index is 1.91. The molecule has 0 radical (unpaired) electrons. The summed E-state index contributed by atoms with van der Waals surface area (Å²) in [5.41, 5.74) is 6.09. The van der Waals surface area contributed by atoms with E-state index in [1.54, 1.807) is 0 Å².